The third kappa shape index (κ3) is 2.40. The number of fused-ring (bicyclic) bond motifs is 2. The van der Waals surface area contributed by atoms with Gasteiger partial charge in [-0.05, 0) is 44.9 Å². The van der Waals surface area contributed by atoms with Gasteiger partial charge in [-0.2, -0.15) is 0 Å². The first-order valence-electron chi connectivity index (χ1n) is 6.80. The van der Waals surface area contributed by atoms with Crippen molar-refractivity contribution in [2.45, 2.75) is 50.2 Å². The van der Waals surface area contributed by atoms with Crippen LogP contribution in [0.15, 0.2) is 22.8 Å². The van der Waals surface area contributed by atoms with Gasteiger partial charge < -0.3 is 14.6 Å². The molecule has 1 N–H and O–H groups in total. The molecule has 2 aliphatic rings. The maximum absolute atomic E-state index is 5.35. The minimum absolute atomic E-state index is 0.721. The van der Waals surface area contributed by atoms with Crippen molar-refractivity contribution in [3.8, 4) is 0 Å². The van der Waals surface area contributed by atoms with Gasteiger partial charge in [-0.15, -0.1) is 0 Å². The number of hydrogen-bond acceptors (Lipinski definition) is 3. The summed E-state index contributed by atoms with van der Waals surface area (Å²) in [4.78, 5) is 2.59. The highest BCUT2D eigenvalue weighted by Crippen LogP contribution is 2.34. The van der Waals surface area contributed by atoms with Crippen LogP contribution in [0.3, 0.4) is 0 Å². The van der Waals surface area contributed by atoms with Crippen LogP contribution in [0.4, 0.5) is 0 Å². The van der Waals surface area contributed by atoms with E-state index in [2.05, 4.69) is 23.3 Å². The molecule has 0 saturated carbocycles. The Labute approximate surface area is 103 Å². The zero-order valence-electron chi connectivity index (χ0n) is 10.6. The molecule has 2 fully saturated rings. The number of nitrogens with one attached hydrogen (secondary N) is 1. The quantitative estimate of drug-likeness (QED) is 0.864. The summed E-state index contributed by atoms with van der Waals surface area (Å²) in [6, 6.07) is 6.40. The van der Waals surface area contributed by atoms with E-state index >= 15 is 0 Å². The topological polar surface area (TPSA) is 28.4 Å². The first-order chi connectivity index (χ1) is 8.33. The minimum atomic E-state index is 0.721. The zero-order valence-corrected chi connectivity index (χ0v) is 10.6. The Bertz CT molecular complexity index is 335. The van der Waals surface area contributed by atoms with Gasteiger partial charge in [0, 0.05) is 31.1 Å². The molecule has 94 valence electrons. The molecule has 2 saturated heterocycles. The average Bonchev–Trinajstić information content (AvgIpc) is 2.87. The van der Waals surface area contributed by atoms with Gasteiger partial charge in [-0.25, -0.2) is 0 Å². The highest BCUT2D eigenvalue weighted by Gasteiger charge is 2.37. The minimum Gasteiger partial charge on any atom is -0.469 e. The van der Waals surface area contributed by atoms with Crippen LogP contribution >= 0.6 is 0 Å². The van der Waals surface area contributed by atoms with E-state index in [-0.39, 0.29) is 0 Å². The summed E-state index contributed by atoms with van der Waals surface area (Å²) in [5, 5.41) is 3.69. The Morgan fingerprint density at radius 2 is 2.12 bits per heavy atom. The third-order valence-electron chi connectivity index (χ3n) is 4.48. The predicted molar refractivity (Wildman–Crippen MR) is 68.0 cm³/mol. The summed E-state index contributed by atoms with van der Waals surface area (Å²) < 4.78 is 5.35. The van der Waals surface area contributed by atoms with Crippen LogP contribution in [-0.4, -0.2) is 36.6 Å². The van der Waals surface area contributed by atoms with Crippen molar-refractivity contribution in [3.05, 3.63) is 24.2 Å². The molecule has 0 amide bonds. The Morgan fingerprint density at radius 1 is 1.35 bits per heavy atom. The molecule has 1 aromatic heterocycles. The highest BCUT2D eigenvalue weighted by atomic mass is 16.3. The van der Waals surface area contributed by atoms with E-state index in [1.54, 1.807) is 6.26 Å². The van der Waals surface area contributed by atoms with Crippen LogP contribution in [0.5, 0.6) is 0 Å². The second-order valence-electron chi connectivity index (χ2n) is 5.50. The van der Waals surface area contributed by atoms with Crippen LogP contribution in [0.1, 0.15) is 31.4 Å². The van der Waals surface area contributed by atoms with Crippen LogP contribution in [-0.2, 0) is 6.42 Å². The van der Waals surface area contributed by atoms with Crippen LogP contribution in [0, 0.1) is 0 Å². The molecule has 3 rings (SSSR count). The predicted octanol–water partition coefficient (Wildman–Crippen LogP) is 2.04. The van der Waals surface area contributed by atoms with Gasteiger partial charge in [0.25, 0.3) is 0 Å². The second kappa shape index (κ2) is 4.83. The summed E-state index contributed by atoms with van der Waals surface area (Å²) in [7, 11) is 2.29. The maximum Gasteiger partial charge on any atom is 0.105 e. The van der Waals surface area contributed by atoms with E-state index < -0.39 is 0 Å². The lowest BCUT2D eigenvalue weighted by Gasteiger charge is -2.36. The first-order valence-corrected chi connectivity index (χ1v) is 6.80. The summed E-state index contributed by atoms with van der Waals surface area (Å²) in [5.41, 5.74) is 0. The normalized spacial score (nSPS) is 33.1. The molecule has 0 aliphatic carbocycles. The van der Waals surface area contributed by atoms with Crippen molar-refractivity contribution < 1.29 is 4.42 Å². The first kappa shape index (κ1) is 11.3. The second-order valence-corrected chi connectivity index (χ2v) is 5.50. The lowest BCUT2D eigenvalue weighted by molar-refractivity contribution is 0.149. The largest absolute Gasteiger partial charge is 0.469 e. The van der Waals surface area contributed by atoms with E-state index in [1.165, 1.54) is 25.7 Å². The molecule has 2 atom stereocenters. The Morgan fingerprint density at radius 3 is 2.76 bits per heavy atom. The van der Waals surface area contributed by atoms with E-state index in [1.807, 2.05) is 6.07 Å². The Balaban J connectivity index is 1.44. The molecule has 3 heteroatoms. The lowest BCUT2D eigenvalue weighted by atomic mass is 9.98. The fourth-order valence-corrected chi connectivity index (χ4v) is 3.43. The average molecular weight is 234 g/mol. The van der Waals surface area contributed by atoms with Crippen molar-refractivity contribution in [2.75, 3.05) is 13.6 Å². The standard InChI is InChI=1S/C14H22N2O/c1-16-12-4-5-13(16)10-11(9-12)15-7-6-14-3-2-8-17-14/h2-3,8,11-13,15H,4-7,9-10H2,1H3. The Hall–Kier alpha value is -0.800. The summed E-state index contributed by atoms with van der Waals surface area (Å²) in [6.45, 7) is 1.04. The monoisotopic (exact) mass is 234 g/mol. The van der Waals surface area contributed by atoms with Gasteiger partial charge in [-0.1, -0.05) is 0 Å². The van der Waals surface area contributed by atoms with Crippen LogP contribution < -0.4 is 5.32 Å². The molecule has 0 spiro atoms. The molecule has 2 bridgehead atoms. The van der Waals surface area contributed by atoms with Gasteiger partial charge in [0.1, 0.15) is 5.76 Å². The van der Waals surface area contributed by atoms with Crippen molar-refractivity contribution in [2.24, 2.45) is 0 Å². The molecule has 2 aliphatic heterocycles. The van der Waals surface area contributed by atoms with Crippen molar-refractivity contribution in [3.63, 3.8) is 0 Å². The molecular formula is C14H22N2O. The molecule has 0 radical (unpaired) electrons. The number of hydrogen-bond donors (Lipinski definition) is 1. The smallest absolute Gasteiger partial charge is 0.105 e. The number of piperidine rings is 1. The van der Waals surface area contributed by atoms with Crippen molar-refractivity contribution >= 4 is 0 Å². The summed E-state index contributed by atoms with van der Waals surface area (Å²) in [6.07, 6.45) is 8.21. The van der Waals surface area contributed by atoms with Crippen LogP contribution in [0.25, 0.3) is 0 Å². The van der Waals surface area contributed by atoms with E-state index in [0.717, 1.165) is 36.9 Å². The SMILES string of the molecule is CN1C2CCC1CC(NCCc1ccco1)C2. The number of furan rings is 1. The van der Waals surface area contributed by atoms with Gasteiger partial charge in [0.15, 0.2) is 0 Å². The fourth-order valence-electron chi connectivity index (χ4n) is 3.43. The summed E-state index contributed by atoms with van der Waals surface area (Å²) >= 11 is 0. The molecule has 1 aromatic rings. The molecular weight excluding hydrogens is 212 g/mol. The third-order valence-corrected chi connectivity index (χ3v) is 4.48. The fraction of sp³-hybridized carbons (Fsp3) is 0.714. The van der Waals surface area contributed by atoms with Crippen LogP contribution in [0.2, 0.25) is 0 Å². The Kier molecular flexibility index (Phi) is 3.21. The molecule has 0 aromatic carbocycles. The van der Waals surface area contributed by atoms with Gasteiger partial charge in [-0.3, -0.25) is 0 Å². The maximum atomic E-state index is 5.35. The number of nitrogens with zero attached hydrogens (tertiary/aromatic N) is 1. The molecule has 3 heterocycles. The highest BCUT2D eigenvalue weighted by molar-refractivity contribution is 4.99. The molecule has 17 heavy (non-hydrogen) atoms. The van der Waals surface area contributed by atoms with Gasteiger partial charge in [0.05, 0.1) is 6.26 Å². The van der Waals surface area contributed by atoms with Gasteiger partial charge >= 0.3 is 0 Å². The van der Waals surface area contributed by atoms with E-state index in [4.69, 9.17) is 4.42 Å². The molecule has 3 nitrogen and oxygen atoms in total. The van der Waals surface area contributed by atoms with E-state index in [0.29, 0.717) is 0 Å². The molecule has 2 unspecified atom stereocenters. The zero-order chi connectivity index (χ0) is 11.7. The van der Waals surface area contributed by atoms with Gasteiger partial charge in [0.2, 0.25) is 0 Å². The van der Waals surface area contributed by atoms with Crippen molar-refractivity contribution in [1.82, 2.24) is 10.2 Å². The lowest BCUT2D eigenvalue weighted by Crippen LogP contribution is -2.47. The van der Waals surface area contributed by atoms with Crippen molar-refractivity contribution in [1.29, 1.82) is 0 Å². The summed E-state index contributed by atoms with van der Waals surface area (Å²) in [5.74, 6) is 1.09. The number of rotatable bonds is 4. The van der Waals surface area contributed by atoms with E-state index in [9.17, 15) is 0 Å².